The van der Waals surface area contributed by atoms with Crippen molar-refractivity contribution in [2.24, 2.45) is 7.05 Å². The lowest BCUT2D eigenvalue weighted by molar-refractivity contribution is -0.677. The minimum atomic E-state index is -4.92. The molecule has 0 atom stereocenters. The molecule has 0 radical (unpaired) electrons. The standard InChI is InChI=1S/C8H15N2O.H2O4S/c1-4-11-7-10-6-5-9(3)8(10)2;1-5(2,3)4/h5-6H,4,7H2,1-3H3;(H2,1,2,3,4)/q+1;/p-1. The molecule has 0 spiro atoms. The van der Waals surface area contributed by atoms with Gasteiger partial charge in [0.25, 0.3) is 5.82 Å². The van der Waals surface area contributed by atoms with Crippen LogP contribution in [0.1, 0.15) is 12.7 Å². The molecule has 0 aliphatic heterocycles. The first kappa shape index (κ1) is 15.0. The minimum Gasteiger partial charge on any atom is -0.726 e. The van der Waals surface area contributed by atoms with Crippen molar-refractivity contribution in [1.29, 1.82) is 0 Å². The average molecular weight is 252 g/mol. The zero-order valence-corrected chi connectivity index (χ0v) is 10.3. The van der Waals surface area contributed by atoms with Crippen molar-refractivity contribution in [2.45, 2.75) is 20.6 Å². The van der Waals surface area contributed by atoms with Gasteiger partial charge in [-0.25, -0.2) is 17.6 Å². The Morgan fingerprint density at radius 2 is 2.12 bits per heavy atom. The largest absolute Gasteiger partial charge is 0.726 e. The van der Waals surface area contributed by atoms with Crippen LogP contribution in [-0.4, -0.2) is 28.7 Å². The highest BCUT2D eigenvalue weighted by molar-refractivity contribution is 7.79. The molecule has 94 valence electrons. The second-order valence-electron chi connectivity index (χ2n) is 2.98. The van der Waals surface area contributed by atoms with Crippen molar-refractivity contribution in [1.82, 2.24) is 4.57 Å². The fraction of sp³-hybridized carbons (Fsp3) is 0.625. The number of rotatable bonds is 3. The fourth-order valence-corrected chi connectivity index (χ4v) is 0.925. The summed E-state index contributed by atoms with van der Waals surface area (Å²) < 4.78 is 42.2. The van der Waals surface area contributed by atoms with E-state index < -0.39 is 10.4 Å². The summed E-state index contributed by atoms with van der Waals surface area (Å²) in [6.07, 6.45) is 4.04. The zero-order chi connectivity index (χ0) is 12.8. The Morgan fingerprint density at radius 3 is 2.44 bits per heavy atom. The molecule has 0 aliphatic carbocycles. The molecule has 0 saturated heterocycles. The number of hydrogen-bond donors (Lipinski definition) is 1. The lowest BCUT2D eigenvalue weighted by atomic mass is 10.7. The van der Waals surface area contributed by atoms with Crippen LogP contribution in [0.15, 0.2) is 12.4 Å². The van der Waals surface area contributed by atoms with Crippen molar-refractivity contribution in [3.8, 4) is 0 Å². The molecule has 0 aromatic carbocycles. The minimum absolute atomic E-state index is 0.656. The maximum atomic E-state index is 8.63. The lowest BCUT2D eigenvalue weighted by Gasteiger charge is -1.97. The molecule has 0 bridgehead atoms. The van der Waals surface area contributed by atoms with Crippen molar-refractivity contribution < 1.29 is 26.8 Å². The highest BCUT2D eigenvalue weighted by Gasteiger charge is 2.06. The van der Waals surface area contributed by atoms with Gasteiger partial charge >= 0.3 is 0 Å². The third-order valence-electron chi connectivity index (χ3n) is 1.83. The molecule has 0 fully saturated rings. The van der Waals surface area contributed by atoms with Gasteiger partial charge in [0.1, 0.15) is 12.4 Å². The first-order valence-corrected chi connectivity index (χ1v) is 5.89. The van der Waals surface area contributed by atoms with Gasteiger partial charge in [0, 0.05) is 13.5 Å². The molecule has 8 heteroatoms. The topological polar surface area (TPSA) is 95.5 Å². The van der Waals surface area contributed by atoms with Gasteiger partial charge in [-0.05, 0) is 6.92 Å². The van der Waals surface area contributed by atoms with Crippen molar-refractivity contribution >= 4 is 10.4 Å². The van der Waals surface area contributed by atoms with E-state index in [-0.39, 0.29) is 0 Å². The predicted molar refractivity (Wildman–Crippen MR) is 54.3 cm³/mol. The first-order chi connectivity index (χ1) is 7.25. The number of ether oxygens (including phenoxy) is 1. The van der Waals surface area contributed by atoms with Crippen molar-refractivity contribution in [2.75, 3.05) is 6.61 Å². The average Bonchev–Trinajstić information content (AvgIpc) is 2.42. The van der Waals surface area contributed by atoms with E-state index in [0.29, 0.717) is 6.73 Å². The maximum Gasteiger partial charge on any atom is 0.254 e. The van der Waals surface area contributed by atoms with E-state index in [0.717, 1.165) is 6.61 Å². The van der Waals surface area contributed by atoms with Gasteiger partial charge < -0.3 is 9.29 Å². The van der Waals surface area contributed by atoms with Gasteiger partial charge in [0.15, 0.2) is 6.73 Å². The molecular formula is C8H16N2O5S. The number of hydrogen-bond acceptors (Lipinski definition) is 4. The molecule has 1 rings (SSSR count). The van der Waals surface area contributed by atoms with E-state index in [1.54, 1.807) is 0 Å². The molecule has 0 aliphatic rings. The maximum absolute atomic E-state index is 8.63. The third kappa shape index (κ3) is 7.35. The SMILES string of the molecule is CCOCn1cc[n+](C)c1C.O=S(=O)([O-])O. The van der Waals surface area contributed by atoms with Gasteiger partial charge in [-0.2, -0.15) is 0 Å². The van der Waals surface area contributed by atoms with Crippen molar-refractivity contribution in [3.05, 3.63) is 18.2 Å². The van der Waals surface area contributed by atoms with Crippen LogP contribution in [0, 0.1) is 6.92 Å². The number of imidazole rings is 1. The Labute approximate surface area is 94.9 Å². The Morgan fingerprint density at radius 1 is 1.62 bits per heavy atom. The molecule has 1 heterocycles. The van der Waals surface area contributed by atoms with Crippen LogP contribution in [0.2, 0.25) is 0 Å². The van der Waals surface area contributed by atoms with Gasteiger partial charge in [-0.3, -0.25) is 4.55 Å². The second kappa shape index (κ2) is 6.59. The van der Waals surface area contributed by atoms with Gasteiger partial charge in [-0.1, -0.05) is 0 Å². The van der Waals surface area contributed by atoms with Gasteiger partial charge in [0.2, 0.25) is 10.4 Å². The number of aryl methyl sites for hydroxylation is 1. The summed E-state index contributed by atoms with van der Waals surface area (Å²) in [7, 11) is -2.89. The fourth-order valence-electron chi connectivity index (χ4n) is 0.925. The van der Waals surface area contributed by atoms with Crippen LogP contribution in [-0.2, 0) is 28.9 Å². The normalized spacial score (nSPS) is 10.8. The summed E-state index contributed by atoms with van der Waals surface area (Å²) in [4.78, 5) is 0. The Bertz CT molecular complexity index is 404. The summed E-state index contributed by atoms with van der Waals surface area (Å²) in [6.45, 7) is 5.49. The van der Waals surface area contributed by atoms with E-state index in [4.69, 9.17) is 22.3 Å². The van der Waals surface area contributed by atoms with E-state index in [2.05, 4.69) is 16.1 Å². The number of nitrogens with zero attached hydrogens (tertiary/aromatic N) is 2. The van der Waals surface area contributed by atoms with Crippen LogP contribution in [0.3, 0.4) is 0 Å². The Kier molecular flexibility index (Phi) is 6.19. The molecule has 16 heavy (non-hydrogen) atoms. The Balaban J connectivity index is 0.000000385. The van der Waals surface area contributed by atoms with Gasteiger partial charge in [0.05, 0.1) is 7.05 Å². The molecular weight excluding hydrogens is 236 g/mol. The van der Waals surface area contributed by atoms with Crippen LogP contribution < -0.4 is 4.57 Å². The summed E-state index contributed by atoms with van der Waals surface area (Å²) in [5.41, 5.74) is 0. The summed E-state index contributed by atoms with van der Waals surface area (Å²) in [5.74, 6) is 1.21. The summed E-state index contributed by atoms with van der Waals surface area (Å²) >= 11 is 0. The molecule has 1 aromatic heterocycles. The van der Waals surface area contributed by atoms with E-state index in [1.165, 1.54) is 5.82 Å². The van der Waals surface area contributed by atoms with Crippen LogP contribution >= 0.6 is 0 Å². The molecule has 7 nitrogen and oxygen atoms in total. The lowest BCUT2D eigenvalue weighted by Crippen LogP contribution is -2.29. The van der Waals surface area contributed by atoms with Crippen molar-refractivity contribution in [3.63, 3.8) is 0 Å². The second-order valence-corrected chi connectivity index (χ2v) is 3.83. The quantitative estimate of drug-likeness (QED) is 0.449. The van der Waals surface area contributed by atoms with E-state index >= 15 is 0 Å². The first-order valence-electron chi connectivity index (χ1n) is 4.53. The Hall–Kier alpha value is -0.960. The monoisotopic (exact) mass is 252 g/mol. The van der Waals surface area contributed by atoms with E-state index in [1.807, 2.05) is 26.4 Å². The summed E-state index contributed by atoms with van der Waals surface area (Å²) in [5, 5.41) is 0. The van der Waals surface area contributed by atoms with Crippen LogP contribution in [0.4, 0.5) is 0 Å². The van der Waals surface area contributed by atoms with Gasteiger partial charge in [-0.15, -0.1) is 0 Å². The molecule has 0 amide bonds. The smallest absolute Gasteiger partial charge is 0.254 e. The zero-order valence-electron chi connectivity index (χ0n) is 9.45. The van der Waals surface area contributed by atoms with Crippen LogP contribution in [0.5, 0.6) is 0 Å². The molecule has 1 aromatic rings. The predicted octanol–water partition coefficient (Wildman–Crippen LogP) is -0.380. The molecule has 0 saturated carbocycles. The highest BCUT2D eigenvalue weighted by Crippen LogP contribution is 1.92. The summed E-state index contributed by atoms with van der Waals surface area (Å²) in [6, 6.07) is 0. The number of aromatic nitrogens is 2. The van der Waals surface area contributed by atoms with E-state index in [9.17, 15) is 0 Å². The highest BCUT2D eigenvalue weighted by atomic mass is 32.3. The molecule has 1 N–H and O–H groups in total. The third-order valence-corrected chi connectivity index (χ3v) is 1.83. The molecule has 0 unspecified atom stereocenters. The van der Waals surface area contributed by atoms with Crippen LogP contribution in [0.25, 0.3) is 0 Å².